The third kappa shape index (κ3) is 2.26. The van der Waals surface area contributed by atoms with Gasteiger partial charge in [-0.1, -0.05) is 0 Å². The smallest absolute Gasteiger partial charge is 0.221 e. The first-order valence-corrected chi connectivity index (χ1v) is 3.64. The molecular weight excluding hydrogens is 170 g/mol. The van der Waals surface area contributed by atoms with Crippen molar-refractivity contribution in [1.82, 2.24) is 0 Å². The average Bonchev–Trinajstić information content (AvgIpc) is 2.08. The number of anilines is 2. The largest absolute Gasteiger partial charge is 0.397 e. The third-order valence-electron chi connectivity index (χ3n) is 1.45. The van der Waals surface area contributed by atoms with Crippen LogP contribution in [-0.4, -0.2) is 5.91 Å². The van der Waals surface area contributed by atoms with Crippen LogP contribution in [0.1, 0.15) is 6.92 Å². The molecule has 1 aromatic rings. The lowest BCUT2D eigenvalue weighted by Crippen LogP contribution is -2.07. The predicted octanol–water partition coefficient (Wildman–Crippen LogP) is 1.63. The van der Waals surface area contributed by atoms with E-state index in [1.165, 1.54) is 25.1 Å². The summed E-state index contributed by atoms with van der Waals surface area (Å²) >= 11 is 0. The minimum Gasteiger partial charge on any atom is -0.397 e. The third-order valence-corrected chi connectivity index (χ3v) is 1.45. The number of rotatable bonds is 2. The number of hydrogen-bond acceptors (Lipinski definition) is 4. The van der Waals surface area contributed by atoms with E-state index in [9.17, 15) is 9.70 Å². The number of carbonyl (C=O) groups is 1. The fourth-order valence-corrected chi connectivity index (χ4v) is 0.899. The van der Waals surface area contributed by atoms with Crippen LogP contribution in [0.15, 0.2) is 23.4 Å². The maximum atomic E-state index is 10.7. The lowest BCUT2D eigenvalue weighted by atomic mass is 10.2. The van der Waals surface area contributed by atoms with Gasteiger partial charge in [-0.15, -0.1) is 4.91 Å². The van der Waals surface area contributed by atoms with E-state index >= 15 is 0 Å². The van der Waals surface area contributed by atoms with Crippen molar-refractivity contribution in [3.05, 3.63) is 23.1 Å². The molecule has 1 amide bonds. The van der Waals surface area contributed by atoms with Crippen molar-refractivity contribution in [2.24, 2.45) is 5.18 Å². The number of hydrogen-bond donors (Lipinski definition) is 2. The second kappa shape index (κ2) is 3.66. The number of nitrogens with two attached hydrogens (primary N) is 1. The number of nitrogens with zero attached hydrogens (tertiary/aromatic N) is 1. The van der Waals surface area contributed by atoms with E-state index in [1.807, 2.05) is 0 Å². The number of nitrogen functional groups attached to an aromatic ring is 1. The standard InChI is InChI=1S/C8H9N3O2/c1-5(12)10-8-4-6(11-13)2-3-7(8)9/h2-4H,9H2,1H3,(H,10,12). The van der Waals surface area contributed by atoms with Crippen molar-refractivity contribution in [2.75, 3.05) is 11.1 Å². The number of amides is 1. The van der Waals surface area contributed by atoms with Crippen LogP contribution in [0.2, 0.25) is 0 Å². The van der Waals surface area contributed by atoms with E-state index in [0.29, 0.717) is 11.4 Å². The fraction of sp³-hybridized carbons (Fsp3) is 0.125. The summed E-state index contributed by atoms with van der Waals surface area (Å²) in [5.74, 6) is -0.241. The zero-order valence-electron chi connectivity index (χ0n) is 7.07. The Bertz CT molecular complexity index is 349. The Morgan fingerprint density at radius 3 is 2.77 bits per heavy atom. The topological polar surface area (TPSA) is 84.5 Å². The molecule has 0 fully saturated rings. The molecule has 0 aliphatic rings. The van der Waals surface area contributed by atoms with Gasteiger partial charge in [0.15, 0.2) is 0 Å². The van der Waals surface area contributed by atoms with Crippen molar-refractivity contribution in [1.29, 1.82) is 0 Å². The van der Waals surface area contributed by atoms with Crippen molar-refractivity contribution >= 4 is 23.0 Å². The van der Waals surface area contributed by atoms with Crippen molar-refractivity contribution in [2.45, 2.75) is 6.92 Å². The Kier molecular flexibility index (Phi) is 2.59. The fourth-order valence-electron chi connectivity index (χ4n) is 0.899. The molecule has 1 rings (SSSR count). The van der Waals surface area contributed by atoms with Crippen LogP contribution in [0.3, 0.4) is 0 Å². The summed E-state index contributed by atoms with van der Waals surface area (Å²) in [6.45, 7) is 1.36. The van der Waals surface area contributed by atoms with Gasteiger partial charge in [-0.2, -0.15) is 0 Å². The van der Waals surface area contributed by atoms with Crippen LogP contribution in [0.25, 0.3) is 0 Å². The minimum atomic E-state index is -0.241. The van der Waals surface area contributed by atoms with Gasteiger partial charge in [0.2, 0.25) is 5.91 Å². The van der Waals surface area contributed by atoms with E-state index in [-0.39, 0.29) is 11.6 Å². The first kappa shape index (κ1) is 9.18. The highest BCUT2D eigenvalue weighted by Crippen LogP contribution is 2.24. The van der Waals surface area contributed by atoms with Crippen molar-refractivity contribution in [3.8, 4) is 0 Å². The Morgan fingerprint density at radius 2 is 2.23 bits per heavy atom. The van der Waals surface area contributed by atoms with Gasteiger partial charge in [-0.25, -0.2) is 0 Å². The van der Waals surface area contributed by atoms with E-state index < -0.39 is 0 Å². The van der Waals surface area contributed by atoms with Crippen LogP contribution in [0.4, 0.5) is 17.1 Å². The van der Waals surface area contributed by atoms with Gasteiger partial charge in [0.25, 0.3) is 0 Å². The summed E-state index contributed by atoms with van der Waals surface area (Å²) in [7, 11) is 0. The molecule has 0 saturated carbocycles. The molecule has 0 aliphatic heterocycles. The minimum absolute atomic E-state index is 0.234. The second-order valence-electron chi connectivity index (χ2n) is 2.54. The Labute approximate surface area is 74.9 Å². The summed E-state index contributed by atoms with van der Waals surface area (Å²) in [4.78, 5) is 20.8. The predicted molar refractivity (Wildman–Crippen MR) is 50.6 cm³/mol. The summed E-state index contributed by atoms with van der Waals surface area (Å²) in [5, 5.41) is 5.21. The van der Waals surface area contributed by atoms with E-state index in [0.717, 1.165) is 0 Å². The lowest BCUT2D eigenvalue weighted by molar-refractivity contribution is -0.114. The molecule has 0 radical (unpaired) electrons. The molecule has 0 saturated heterocycles. The zero-order valence-corrected chi connectivity index (χ0v) is 7.07. The van der Waals surface area contributed by atoms with Gasteiger partial charge < -0.3 is 11.1 Å². The normalized spacial score (nSPS) is 9.31. The van der Waals surface area contributed by atoms with Crippen molar-refractivity contribution in [3.63, 3.8) is 0 Å². The molecule has 0 aromatic heterocycles. The molecular formula is C8H9N3O2. The summed E-state index contributed by atoms with van der Waals surface area (Å²) < 4.78 is 0. The van der Waals surface area contributed by atoms with Gasteiger partial charge in [-0.3, -0.25) is 4.79 Å². The molecule has 0 aliphatic carbocycles. The molecule has 0 atom stereocenters. The SMILES string of the molecule is CC(=O)Nc1cc(N=O)ccc1N. The highest BCUT2D eigenvalue weighted by atomic mass is 16.3. The first-order chi connectivity index (χ1) is 6.13. The van der Waals surface area contributed by atoms with Gasteiger partial charge in [0.1, 0.15) is 5.69 Å². The molecule has 0 spiro atoms. The Morgan fingerprint density at radius 1 is 1.54 bits per heavy atom. The highest BCUT2D eigenvalue weighted by Gasteiger charge is 2.02. The second-order valence-corrected chi connectivity index (χ2v) is 2.54. The van der Waals surface area contributed by atoms with Gasteiger partial charge >= 0.3 is 0 Å². The molecule has 0 unspecified atom stereocenters. The highest BCUT2D eigenvalue weighted by molar-refractivity contribution is 5.92. The molecule has 0 heterocycles. The van der Waals surface area contributed by atoms with Crippen LogP contribution in [0.5, 0.6) is 0 Å². The van der Waals surface area contributed by atoms with Crippen LogP contribution in [0, 0.1) is 4.91 Å². The van der Waals surface area contributed by atoms with E-state index in [4.69, 9.17) is 5.73 Å². The summed E-state index contributed by atoms with van der Waals surface area (Å²) in [6, 6.07) is 4.42. The van der Waals surface area contributed by atoms with Gasteiger partial charge in [0, 0.05) is 6.92 Å². The zero-order chi connectivity index (χ0) is 9.84. The van der Waals surface area contributed by atoms with Crippen LogP contribution < -0.4 is 11.1 Å². The monoisotopic (exact) mass is 179 g/mol. The molecule has 5 nitrogen and oxygen atoms in total. The summed E-state index contributed by atoms with van der Waals surface area (Å²) in [5.41, 5.74) is 6.58. The molecule has 1 aromatic carbocycles. The van der Waals surface area contributed by atoms with E-state index in [2.05, 4.69) is 10.5 Å². The van der Waals surface area contributed by atoms with Crippen LogP contribution in [-0.2, 0) is 4.79 Å². The maximum Gasteiger partial charge on any atom is 0.221 e. The molecule has 68 valence electrons. The number of benzene rings is 1. The Balaban J connectivity index is 3.03. The number of carbonyl (C=O) groups excluding carboxylic acids is 1. The van der Waals surface area contributed by atoms with Gasteiger partial charge in [0.05, 0.1) is 11.4 Å². The van der Waals surface area contributed by atoms with E-state index in [1.54, 1.807) is 0 Å². The number of nitrogens with one attached hydrogen (secondary N) is 1. The summed E-state index contributed by atoms with van der Waals surface area (Å²) in [6.07, 6.45) is 0. The quantitative estimate of drug-likeness (QED) is 0.534. The maximum absolute atomic E-state index is 10.7. The van der Waals surface area contributed by atoms with Gasteiger partial charge in [-0.05, 0) is 23.4 Å². The molecule has 3 N–H and O–H groups in total. The number of nitroso groups, excluding NO2 is 1. The molecule has 13 heavy (non-hydrogen) atoms. The molecule has 0 bridgehead atoms. The Hall–Kier alpha value is -1.91. The van der Waals surface area contributed by atoms with Crippen LogP contribution >= 0.6 is 0 Å². The average molecular weight is 179 g/mol. The molecule has 5 heteroatoms. The first-order valence-electron chi connectivity index (χ1n) is 3.64. The van der Waals surface area contributed by atoms with Crippen molar-refractivity contribution < 1.29 is 4.79 Å². The lowest BCUT2D eigenvalue weighted by Gasteiger charge is -2.05.